The first-order valence-corrected chi connectivity index (χ1v) is 12.6. The zero-order valence-electron chi connectivity index (χ0n) is 18.4. The predicted molar refractivity (Wildman–Crippen MR) is 138 cm³/mol. The van der Waals surface area contributed by atoms with Gasteiger partial charge in [0.15, 0.2) is 0 Å². The lowest BCUT2D eigenvalue weighted by atomic mass is 10.0. The van der Waals surface area contributed by atoms with Crippen LogP contribution in [-0.2, 0) is 11.3 Å². The van der Waals surface area contributed by atoms with Crippen molar-refractivity contribution in [2.45, 2.75) is 12.7 Å². The standard InChI is InChI=1S/C30H26NOP/c1-4-13-24(14-5-1)23-32-30(28-20-10-11-22-31-28)27-19-12-21-29(27)33(25-15-6-2-7-16-25)26-17-8-3-9-18-26/h1-22,27,30H,23H2/t27?,30-/m1/s1. The zero-order valence-corrected chi connectivity index (χ0v) is 19.3. The van der Waals surface area contributed by atoms with Crippen molar-refractivity contribution in [3.63, 3.8) is 0 Å². The molecule has 33 heavy (non-hydrogen) atoms. The average Bonchev–Trinajstić information content (AvgIpc) is 3.36. The summed E-state index contributed by atoms with van der Waals surface area (Å²) in [5.74, 6) is 0.120. The van der Waals surface area contributed by atoms with Crippen LogP contribution in [0.5, 0.6) is 0 Å². The smallest absolute Gasteiger partial charge is 0.110 e. The van der Waals surface area contributed by atoms with Crippen LogP contribution in [0.4, 0.5) is 0 Å². The van der Waals surface area contributed by atoms with Crippen molar-refractivity contribution in [2.75, 3.05) is 0 Å². The maximum atomic E-state index is 6.61. The molecule has 2 nitrogen and oxygen atoms in total. The Morgan fingerprint density at radius 2 is 1.33 bits per heavy atom. The number of aromatic nitrogens is 1. The summed E-state index contributed by atoms with van der Waals surface area (Å²) < 4.78 is 6.61. The molecule has 162 valence electrons. The first-order chi connectivity index (χ1) is 16.4. The molecule has 1 aliphatic rings. The van der Waals surface area contributed by atoms with E-state index in [1.165, 1.54) is 21.5 Å². The van der Waals surface area contributed by atoms with Crippen molar-refractivity contribution in [3.05, 3.63) is 150 Å². The summed E-state index contributed by atoms with van der Waals surface area (Å²) in [7, 11) is -0.688. The van der Waals surface area contributed by atoms with Crippen molar-refractivity contribution in [1.82, 2.24) is 4.98 Å². The summed E-state index contributed by atoms with van der Waals surface area (Å²) in [5.41, 5.74) is 2.13. The number of allylic oxidation sites excluding steroid dienone is 2. The van der Waals surface area contributed by atoms with Crippen LogP contribution in [-0.4, -0.2) is 4.98 Å². The third-order valence-corrected chi connectivity index (χ3v) is 8.38. The Labute approximate surface area is 197 Å². The third kappa shape index (κ3) is 5.03. The second-order valence-corrected chi connectivity index (χ2v) is 10.2. The van der Waals surface area contributed by atoms with Crippen molar-refractivity contribution in [3.8, 4) is 0 Å². The summed E-state index contributed by atoms with van der Waals surface area (Å²) in [6.45, 7) is 0.550. The van der Waals surface area contributed by atoms with Crippen molar-refractivity contribution in [2.24, 2.45) is 5.92 Å². The molecule has 0 saturated carbocycles. The molecular weight excluding hydrogens is 421 g/mol. The quantitative estimate of drug-likeness (QED) is 0.286. The van der Waals surface area contributed by atoms with Gasteiger partial charge >= 0.3 is 0 Å². The van der Waals surface area contributed by atoms with Gasteiger partial charge in [0.25, 0.3) is 0 Å². The second-order valence-electron chi connectivity index (χ2n) is 7.98. The number of ether oxygens (including phenoxy) is 1. The molecule has 0 N–H and O–H groups in total. The number of benzene rings is 3. The van der Waals surface area contributed by atoms with Crippen LogP contribution in [0, 0.1) is 5.92 Å². The van der Waals surface area contributed by atoms with Gasteiger partial charge in [-0.3, -0.25) is 4.98 Å². The maximum Gasteiger partial charge on any atom is 0.110 e. The zero-order chi connectivity index (χ0) is 22.3. The van der Waals surface area contributed by atoms with E-state index in [4.69, 9.17) is 9.72 Å². The van der Waals surface area contributed by atoms with Crippen LogP contribution in [0.2, 0.25) is 0 Å². The Kier molecular flexibility index (Phi) is 6.87. The normalized spacial score (nSPS) is 16.0. The Balaban J connectivity index is 1.52. The van der Waals surface area contributed by atoms with Crippen LogP contribution in [0.15, 0.2) is 139 Å². The molecule has 0 bridgehead atoms. The first-order valence-electron chi connectivity index (χ1n) is 11.3. The van der Waals surface area contributed by atoms with Crippen molar-refractivity contribution < 1.29 is 4.74 Å². The fourth-order valence-corrected chi connectivity index (χ4v) is 6.83. The molecule has 5 rings (SSSR count). The van der Waals surface area contributed by atoms with Crippen LogP contribution in [0.3, 0.4) is 0 Å². The van der Waals surface area contributed by atoms with E-state index in [1.807, 2.05) is 24.4 Å². The molecule has 4 aromatic rings. The SMILES string of the molecule is C1=CC([C@@H](OCc2ccccc2)c2ccccn2)C(P(c2ccccc2)c2ccccc2)=C1. The van der Waals surface area contributed by atoms with Gasteiger partial charge < -0.3 is 4.74 Å². The predicted octanol–water partition coefficient (Wildman–Crippen LogP) is 6.54. The van der Waals surface area contributed by atoms with Gasteiger partial charge in [-0.15, -0.1) is 0 Å². The van der Waals surface area contributed by atoms with E-state index in [1.54, 1.807) is 0 Å². The fourth-order valence-electron chi connectivity index (χ4n) is 4.24. The largest absolute Gasteiger partial charge is 0.366 e. The van der Waals surface area contributed by atoms with Gasteiger partial charge in [0.05, 0.1) is 12.3 Å². The third-order valence-electron chi connectivity index (χ3n) is 5.79. The number of nitrogens with zero attached hydrogens (tertiary/aromatic N) is 1. The monoisotopic (exact) mass is 447 g/mol. The van der Waals surface area contributed by atoms with Gasteiger partial charge in [-0.25, -0.2) is 0 Å². The number of rotatable bonds is 8. The molecule has 3 aromatic carbocycles. The molecule has 1 aliphatic carbocycles. The first kappa shape index (κ1) is 21.5. The van der Waals surface area contributed by atoms with E-state index in [0.717, 1.165) is 5.69 Å². The van der Waals surface area contributed by atoms with E-state index in [0.29, 0.717) is 6.61 Å². The van der Waals surface area contributed by atoms with E-state index in [2.05, 4.69) is 109 Å². The van der Waals surface area contributed by atoms with E-state index >= 15 is 0 Å². The van der Waals surface area contributed by atoms with E-state index in [-0.39, 0.29) is 12.0 Å². The lowest BCUT2D eigenvalue weighted by Gasteiger charge is -2.30. The molecular formula is C30H26NOP. The molecule has 0 saturated heterocycles. The highest BCUT2D eigenvalue weighted by molar-refractivity contribution is 7.76. The Hall–Kier alpha value is -3.32. The molecule has 0 amide bonds. The average molecular weight is 448 g/mol. The minimum absolute atomic E-state index is 0.120. The molecule has 2 atom stereocenters. The highest BCUT2D eigenvalue weighted by atomic mass is 31.1. The number of pyridine rings is 1. The second kappa shape index (κ2) is 10.5. The summed E-state index contributed by atoms with van der Waals surface area (Å²) in [4.78, 5) is 4.70. The summed E-state index contributed by atoms with van der Waals surface area (Å²) >= 11 is 0. The molecule has 0 spiro atoms. The maximum absolute atomic E-state index is 6.61. The summed E-state index contributed by atoms with van der Waals surface area (Å²) in [5, 5.41) is 4.09. The lowest BCUT2D eigenvalue weighted by molar-refractivity contribution is 0.0199. The number of hydrogen-bond donors (Lipinski definition) is 0. The molecule has 1 unspecified atom stereocenters. The fraction of sp³-hybridized carbons (Fsp3) is 0.100. The van der Waals surface area contributed by atoms with Gasteiger partial charge in [-0.05, 0) is 41.5 Å². The highest BCUT2D eigenvalue weighted by Gasteiger charge is 2.33. The van der Waals surface area contributed by atoms with E-state index in [9.17, 15) is 0 Å². The van der Waals surface area contributed by atoms with E-state index < -0.39 is 7.92 Å². The van der Waals surface area contributed by atoms with Gasteiger partial charge in [-0.2, -0.15) is 0 Å². The minimum atomic E-state index is -0.688. The van der Waals surface area contributed by atoms with Crippen molar-refractivity contribution in [1.29, 1.82) is 0 Å². The Bertz CT molecular complexity index is 1170. The van der Waals surface area contributed by atoms with Gasteiger partial charge in [0.1, 0.15) is 6.10 Å². The molecule has 0 fully saturated rings. The van der Waals surface area contributed by atoms with Crippen LogP contribution < -0.4 is 10.6 Å². The summed E-state index contributed by atoms with van der Waals surface area (Å²) in [6, 6.07) is 38.1. The Morgan fingerprint density at radius 1 is 0.727 bits per heavy atom. The topological polar surface area (TPSA) is 22.1 Å². The van der Waals surface area contributed by atoms with Gasteiger partial charge in [-0.1, -0.05) is 115 Å². The van der Waals surface area contributed by atoms with Gasteiger partial charge in [0.2, 0.25) is 0 Å². The van der Waals surface area contributed by atoms with Gasteiger partial charge in [0, 0.05) is 12.1 Å². The summed E-state index contributed by atoms with van der Waals surface area (Å²) in [6.07, 6.45) is 8.45. The molecule has 0 aliphatic heterocycles. The van der Waals surface area contributed by atoms with Crippen LogP contribution >= 0.6 is 7.92 Å². The van der Waals surface area contributed by atoms with Crippen LogP contribution in [0.25, 0.3) is 0 Å². The molecule has 3 heteroatoms. The lowest BCUT2D eigenvalue weighted by Crippen LogP contribution is -2.21. The molecule has 0 radical (unpaired) electrons. The number of hydrogen-bond acceptors (Lipinski definition) is 2. The van der Waals surface area contributed by atoms with Crippen LogP contribution in [0.1, 0.15) is 17.4 Å². The molecule has 1 aromatic heterocycles. The minimum Gasteiger partial charge on any atom is -0.366 e. The Morgan fingerprint density at radius 3 is 1.94 bits per heavy atom. The highest BCUT2D eigenvalue weighted by Crippen LogP contribution is 2.52. The van der Waals surface area contributed by atoms with Crippen molar-refractivity contribution >= 4 is 18.5 Å². The molecule has 1 heterocycles.